The second-order valence-electron chi connectivity index (χ2n) is 23.0. The van der Waals surface area contributed by atoms with Gasteiger partial charge in [0, 0.05) is 80.3 Å². The molecule has 2 aromatic carbocycles. The van der Waals surface area contributed by atoms with Gasteiger partial charge in [-0.15, -0.1) is 10.2 Å². The maximum atomic E-state index is 13.7. The average molecular weight is 1100 g/mol. The van der Waals surface area contributed by atoms with Gasteiger partial charge in [-0.2, -0.15) is 0 Å². The minimum Gasteiger partial charge on any atom is -0.507 e. The highest BCUT2D eigenvalue weighted by Gasteiger charge is 2.53. The number of aromatic hydroxyl groups is 1. The molecule has 3 aliphatic heterocycles. The molecular weight excluding hydrogens is 1020 g/mol. The number of piperidine rings is 1. The van der Waals surface area contributed by atoms with Crippen LogP contribution in [0.4, 0.5) is 32.5 Å². The van der Waals surface area contributed by atoms with Gasteiger partial charge < -0.3 is 59.0 Å². The highest BCUT2D eigenvalue weighted by atomic mass is 16.6. The minimum absolute atomic E-state index is 0.00499. The van der Waals surface area contributed by atoms with Gasteiger partial charge in [0.05, 0.1) is 30.2 Å². The summed E-state index contributed by atoms with van der Waals surface area (Å²) in [5.41, 5.74) is 1.95. The van der Waals surface area contributed by atoms with Crippen molar-refractivity contribution in [2.45, 2.75) is 153 Å². The number of carbonyl (C=O) groups is 5. The Bertz CT molecular complexity index is 2800. The number of hydrogen-bond acceptors (Lipinski definition) is 17. The van der Waals surface area contributed by atoms with Crippen LogP contribution < -0.4 is 30.5 Å². The van der Waals surface area contributed by atoms with Crippen LogP contribution in [0.3, 0.4) is 0 Å². The van der Waals surface area contributed by atoms with Crippen LogP contribution in [-0.4, -0.2) is 156 Å². The van der Waals surface area contributed by atoms with Crippen LogP contribution in [0.25, 0.3) is 11.3 Å². The van der Waals surface area contributed by atoms with Crippen molar-refractivity contribution in [3.63, 3.8) is 0 Å². The summed E-state index contributed by atoms with van der Waals surface area (Å²) in [5, 5.41) is 28.4. The summed E-state index contributed by atoms with van der Waals surface area (Å²) >= 11 is 0. The number of carbonyl (C=O) groups excluding carboxylic acids is 5. The number of anilines is 4. The van der Waals surface area contributed by atoms with Crippen molar-refractivity contribution in [2.75, 3.05) is 73.9 Å². The average Bonchev–Trinajstić information content (AvgIpc) is 3.70. The molecule has 0 radical (unpaired) electrons. The molecule has 2 saturated carbocycles. The molecular formula is C59H78N10O11. The largest absolute Gasteiger partial charge is 0.507 e. The third-order valence-electron chi connectivity index (χ3n) is 15.7. The first-order valence-corrected chi connectivity index (χ1v) is 28.4. The fourth-order valence-electron chi connectivity index (χ4n) is 11.2. The Balaban J connectivity index is 0.794. The molecule has 2 bridgehead atoms. The molecule has 80 heavy (non-hydrogen) atoms. The van der Waals surface area contributed by atoms with Crippen molar-refractivity contribution in [1.82, 2.24) is 30.3 Å². The topological polar surface area (TPSA) is 239 Å². The highest BCUT2D eigenvalue weighted by Crippen LogP contribution is 2.43. The van der Waals surface area contributed by atoms with Crippen LogP contribution in [0.15, 0.2) is 72.9 Å². The Labute approximate surface area is 468 Å². The lowest BCUT2D eigenvalue weighted by molar-refractivity contribution is -0.167. The van der Waals surface area contributed by atoms with E-state index in [1.807, 2.05) is 59.1 Å². The molecule has 3 atom stereocenters. The predicted molar refractivity (Wildman–Crippen MR) is 300 cm³/mol. The summed E-state index contributed by atoms with van der Waals surface area (Å²) in [4.78, 5) is 79.3. The minimum atomic E-state index is -1.28. The van der Waals surface area contributed by atoms with Gasteiger partial charge in [0.1, 0.15) is 35.5 Å². The fourth-order valence-corrected chi connectivity index (χ4v) is 11.2. The number of amides is 4. The summed E-state index contributed by atoms with van der Waals surface area (Å²) in [7, 11) is 3.95. The van der Waals surface area contributed by atoms with Crippen LogP contribution in [0.5, 0.6) is 11.6 Å². The second kappa shape index (κ2) is 25.5. The van der Waals surface area contributed by atoms with Gasteiger partial charge in [0.2, 0.25) is 17.7 Å². The van der Waals surface area contributed by atoms with E-state index in [0.717, 1.165) is 63.6 Å². The third kappa shape index (κ3) is 14.2. The van der Waals surface area contributed by atoms with E-state index in [4.69, 9.17) is 23.7 Å². The van der Waals surface area contributed by atoms with Crippen LogP contribution in [0, 0.1) is 5.41 Å². The molecule has 430 valence electrons. The van der Waals surface area contributed by atoms with Crippen molar-refractivity contribution < 1.29 is 52.8 Å². The number of likely N-dealkylation sites (tertiary alicyclic amines) is 1. The number of nitrogens with one attached hydrogen (secondary N) is 3. The summed E-state index contributed by atoms with van der Waals surface area (Å²) in [5.74, 6) is -0.612. The maximum absolute atomic E-state index is 13.7. The van der Waals surface area contributed by atoms with Crippen molar-refractivity contribution in [2.24, 2.45) is 5.41 Å². The fraction of sp³-hybridized carbons (Fsp3) is 0.559. The first-order chi connectivity index (χ1) is 38.4. The van der Waals surface area contributed by atoms with Crippen molar-refractivity contribution in [3.05, 3.63) is 78.5 Å². The van der Waals surface area contributed by atoms with E-state index in [9.17, 15) is 29.1 Å². The van der Waals surface area contributed by atoms with E-state index in [-0.39, 0.29) is 61.3 Å². The van der Waals surface area contributed by atoms with Gasteiger partial charge >= 0.3 is 18.2 Å². The molecule has 5 aliphatic rings. The number of unbranched alkanes of at least 4 members (excludes halogenated alkanes) is 1. The lowest BCUT2D eigenvalue weighted by atomic mass is 9.68. The zero-order chi connectivity index (χ0) is 56.6. The van der Waals surface area contributed by atoms with Crippen molar-refractivity contribution in [1.29, 1.82) is 0 Å². The lowest BCUT2D eigenvalue weighted by Crippen LogP contribution is -2.56. The number of piperazine rings is 1. The van der Waals surface area contributed by atoms with E-state index in [2.05, 4.69) is 45.8 Å². The number of para-hydroxylation sites is 1. The number of pyridine rings is 1. The zero-order valence-corrected chi connectivity index (χ0v) is 47.0. The van der Waals surface area contributed by atoms with Gasteiger partial charge in [0.25, 0.3) is 0 Å². The molecule has 9 rings (SSSR count). The van der Waals surface area contributed by atoms with E-state index in [0.29, 0.717) is 85.9 Å². The normalized spacial score (nSPS) is 20.9. The van der Waals surface area contributed by atoms with Crippen molar-refractivity contribution in [3.8, 4) is 22.9 Å². The molecule has 1 unspecified atom stereocenters. The Morgan fingerprint density at radius 1 is 0.850 bits per heavy atom. The van der Waals surface area contributed by atoms with Gasteiger partial charge in [-0.1, -0.05) is 30.7 Å². The lowest BCUT2D eigenvalue weighted by Gasteiger charge is -2.44. The first kappa shape index (κ1) is 57.4. The number of benzene rings is 2. The number of hydrogen-bond donors (Lipinski definition) is 4. The SMILES string of the molecule is CCOC(=O)C1(C(=O)N[C@@H](CCCCN(C)C)C(=O)Nc2ccc(COC(=O)Nc3nnc(-c4ccccc4O)cc3N3CC4CC[C@H](C3)N4c3ccnc(OC4CC(OC5CCN(C(=O)OC(C)(C)C)CC5)C4)c3)cc2)CCC1. The monoisotopic (exact) mass is 1100 g/mol. The Hall–Kier alpha value is -7.26. The summed E-state index contributed by atoms with van der Waals surface area (Å²) in [6.07, 6.45) is 9.32. The number of rotatable bonds is 21. The van der Waals surface area contributed by atoms with Crippen LogP contribution in [0.1, 0.15) is 110 Å². The van der Waals surface area contributed by atoms with E-state index in [1.54, 1.807) is 60.5 Å². The standard InChI is InChI=1S/C59H78N10O11/c1-7-76-55(73)59(25-12-26-59)54(72)62-47(14-10-11-28-66(5)6)53(71)61-39-18-16-38(17-19-39)37-77-56(74)63-52-49(34-48(64-65-52)46-13-8-9-15-50(46)70)68-35-41-20-21-42(36-68)69(41)40-22-27-60-51(31-40)79-45-32-44(33-45)78-43-23-29-67(30-24-43)57(75)80-58(2,3)4/h8-9,13,15-19,22,27,31,34,41-45,47,70H,7,10-12,14,20-21,23-26,28-30,32-33,35-37H2,1-6H3,(H,61,71)(H,62,72)(H,63,65,74)/t41-,42?,44?,45?,47+/m1/s1. The third-order valence-corrected chi connectivity index (χ3v) is 15.7. The Morgan fingerprint density at radius 2 is 1.57 bits per heavy atom. The summed E-state index contributed by atoms with van der Waals surface area (Å²) < 4.78 is 29.3. The van der Waals surface area contributed by atoms with Gasteiger partial charge in [-0.05, 0) is 148 Å². The van der Waals surface area contributed by atoms with Gasteiger partial charge in [-0.25, -0.2) is 14.6 Å². The molecule has 4 aromatic rings. The zero-order valence-electron chi connectivity index (χ0n) is 47.0. The second-order valence-corrected chi connectivity index (χ2v) is 23.0. The molecule has 4 amide bonds. The number of phenols is 1. The molecule has 5 fully saturated rings. The van der Waals surface area contributed by atoms with Gasteiger partial charge in [0.15, 0.2) is 5.82 Å². The molecule has 4 N–H and O–H groups in total. The number of esters is 1. The number of fused-ring (bicyclic) bond motifs is 2. The highest BCUT2D eigenvalue weighted by molar-refractivity contribution is 6.06. The van der Waals surface area contributed by atoms with Crippen molar-refractivity contribution >= 4 is 52.9 Å². The predicted octanol–water partition coefficient (Wildman–Crippen LogP) is 8.07. The van der Waals surface area contributed by atoms with E-state index in [1.165, 1.54) is 0 Å². The van der Waals surface area contributed by atoms with Crippen LogP contribution in [0.2, 0.25) is 0 Å². The Kier molecular flexibility index (Phi) is 18.3. The molecule has 2 aromatic heterocycles. The number of ether oxygens (including phenoxy) is 5. The molecule has 5 heterocycles. The van der Waals surface area contributed by atoms with Crippen LogP contribution in [-0.2, 0) is 39.9 Å². The molecule has 0 spiro atoms. The summed E-state index contributed by atoms with van der Waals surface area (Å²) in [6.45, 7) is 10.7. The molecule has 3 saturated heterocycles. The number of aromatic nitrogens is 3. The quantitative estimate of drug-likeness (QED) is 0.0267. The van der Waals surface area contributed by atoms with Gasteiger partial charge in [-0.3, -0.25) is 19.7 Å². The molecule has 21 nitrogen and oxygen atoms in total. The maximum Gasteiger partial charge on any atom is 0.413 e. The summed E-state index contributed by atoms with van der Waals surface area (Å²) in [6, 6.07) is 19.0. The molecule has 2 aliphatic carbocycles. The van der Waals surface area contributed by atoms with E-state index >= 15 is 0 Å². The van der Waals surface area contributed by atoms with Crippen LogP contribution >= 0.6 is 0 Å². The first-order valence-electron chi connectivity index (χ1n) is 28.4. The Morgan fingerprint density at radius 3 is 2.24 bits per heavy atom. The van der Waals surface area contributed by atoms with E-state index < -0.39 is 40.9 Å². The number of phenolic OH excluding ortho intramolecular Hbond substituents is 1. The smallest absolute Gasteiger partial charge is 0.413 e. The number of nitrogens with zero attached hydrogens (tertiary/aromatic N) is 7. The molecule has 21 heteroatoms.